The summed E-state index contributed by atoms with van der Waals surface area (Å²) in [5, 5.41) is 18.2. The number of unbranched alkanes of at least 4 members (excludes halogenated alkanes) is 7. The molecule has 0 saturated heterocycles. The molecule has 0 aliphatic rings. The Bertz CT molecular complexity index is 356. The van der Waals surface area contributed by atoms with Crippen molar-refractivity contribution >= 4 is 5.97 Å². The number of aliphatic hydroxyl groups is 1. The molecule has 0 aliphatic heterocycles. The summed E-state index contributed by atoms with van der Waals surface area (Å²) in [5.74, 6) is -0.924. The predicted molar refractivity (Wildman–Crippen MR) is 97.5 cm³/mol. The lowest BCUT2D eigenvalue weighted by Gasteiger charge is -2.09. The van der Waals surface area contributed by atoms with Crippen LogP contribution in [0.2, 0.25) is 0 Å². The van der Waals surface area contributed by atoms with Gasteiger partial charge in [-0.05, 0) is 25.7 Å². The predicted octanol–water partition coefficient (Wildman–Crippen LogP) is 5.41. The van der Waals surface area contributed by atoms with Crippen LogP contribution in [0.3, 0.4) is 0 Å². The number of allylic oxidation sites excluding steroid dienone is 5. The maximum absolute atomic E-state index is 10.2. The number of carboxylic acids is 1. The second-order valence-corrected chi connectivity index (χ2v) is 6.01. The van der Waals surface area contributed by atoms with E-state index in [0.29, 0.717) is 0 Å². The minimum absolute atomic E-state index is 0.0913. The van der Waals surface area contributed by atoms with Crippen molar-refractivity contribution in [1.29, 1.82) is 0 Å². The minimum Gasteiger partial charge on any atom is -0.478 e. The van der Waals surface area contributed by atoms with Crippen LogP contribution in [0.1, 0.15) is 77.6 Å². The number of aliphatic hydroxyl groups excluding tert-OH is 1. The molecule has 0 spiro atoms. The fourth-order valence-electron chi connectivity index (χ4n) is 2.39. The van der Waals surface area contributed by atoms with Gasteiger partial charge in [-0.3, -0.25) is 0 Å². The Balaban J connectivity index is 3.34. The van der Waals surface area contributed by atoms with Gasteiger partial charge in [-0.2, -0.15) is 0 Å². The van der Waals surface area contributed by atoms with Gasteiger partial charge in [0.25, 0.3) is 0 Å². The lowest BCUT2D eigenvalue weighted by Crippen LogP contribution is -2.05. The first kappa shape index (κ1) is 21.6. The summed E-state index contributed by atoms with van der Waals surface area (Å²) in [6, 6.07) is 0. The topological polar surface area (TPSA) is 57.5 Å². The van der Waals surface area contributed by atoms with E-state index in [1.807, 2.05) is 12.2 Å². The van der Waals surface area contributed by atoms with E-state index in [-0.39, 0.29) is 6.10 Å². The van der Waals surface area contributed by atoms with E-state index in [4.69, 9.17) is 5.11 Å². The Kier molecular flexibility index (Phi) is 16.0. The molecule has 1 unspecified atom stereocenters. The highest BCUT2D eigenvalue weighted by molar-refractivity contribution is 5.80. The zero-order valence-electron chi connectivity index (χ0n) is 14.6. The zero-order valence-corrected chi connectivity index (χ0v) is 14.6. The van der Waals surface area contributed by atoms with Gasteiger partial charge in [0.2, 0.25) is 0 Å². The molecule has 0 bridgehead atoms. The molecule has 3 heteroatoms. The first-order valence-electron chi connectivity index (χ1n) is 9.07. The normalized spacial score (nSPS) is 13.5. The molecule has 0 aromatic heterocycles. The second kappa shape index (κ2) is 17.0. The van der Waals surface area contributed by atoms with E-state index in [1.54, 1.807) is 6.08 Å². The van der Waals surface area contributed by atoms with Crippen LogP contribution >= 0.6 is 0 Å². The van der Waals surface area contributed by atoms with Crippen molar-refractivity contribution in [1.82, 2.24) is 0 Å². The highest BCUT2D eigenvalue weighted by Crippen LogP contribution is 2.12. The summed E-state index contributed by atoms with van der Waals surface area (Å²) in [7, 11) is 0. The summed E-state index contributed by atoms with van der Waals surface area (Å²) in [4.78, 5) is 10.2. The number of rotatable bonds is 15. The molecule has 0 amide bonds. The van der Waals surface area contributed by atoms with E-state index in [2.05, 4.69) is 13.0 Å². The molecule has 3 nitrogen and oxygen atoms in total. The van der Waals surface area contributed by atoms with Crippen molar-refractivity contribution < 1.29 is 15.0 Å². The second-order valence-electron chi connectivity index (χ2n) is 6.01. The van der Waals surface area contributed by atoms with Gasteiger partial charge in [0.05, 0.1) is 6.10 Å². The van der Waals surface area contributed by atoms with Crippen molar-refractivity contribution in [3.05, 3.63) is 36.5 Å². The zero-order chi connectivity index (χ0) is 17.2. The number of carboxylic acid groups (broad SMARTS) is 1. The summed E-state index contributed by atoms with van der Waals surface area (Å²) < 4.78 is 0. The van der Waals surface area contributed by atoms with Gasteiger partial charge >= 0.3 is 5.97 Å². The summed E-state index contributed by atoms with van der Waals surface area (Å²) in [6.07, 6.45) is 22.8. The molecule has 0 aromatic carbocycles. The lowest BCUT2D eigenvalue weighted by molar-refractivity contribution is -0.131. The third-order valence-corrected chi connectivity index (χ3v) is 3.76. The van der Waals surface area contributed by atoms with Crippen LogP contribution in [0, 0.1) is 0 Å². The van der Waals surface area contributed by atoms with Gasteiger partial charge in [-0.25, -0.2) is 4.79 Å². The van der Waals surface area contributed by atoms with E-state index in [9.17, 15) is 9.90 Å². The van der Waals surface area contributed by atoms with Crippen LogP contribution in [0.15, 0.2) is 36.5 Å². The van der Waals surface area contributed by atoms with E-state index >= 15 is 0 Å². The average Bonchev–Trinajstić information content (AvgIpc) is 2.51. The third kappa shape index (κ3) is 18.6. The molecule has 23 heavy (non-hydrogen) atoms. The Morgan fingerprint density at radius 2 is 1.48 bits per heavy atom. The summed E-state index contributed by atoms with van der Waals surface area (Å²) >= 11 is 0. The number of aliphatic carboxylic acids is 1. The van der Waals surface area contributed by atoms with Crippen LogP contribution in [0.5, 0.6) is 0 Å². The van der Waals surface area contributed by atoms with E-state index in [0.717, 1.165) is 38.2 Å². The van der Waals surface area contributed by atoms with Crippen LogP contribution in [0.25, 0.3) is 0 Å². The van der Waals surface area contributed by atoms with Crippen molar-refractivity contribution in [2.24, 2.45) is 0 Å². The Hall–Kier alpha value is -1.35. The molecule has 132 valence electrons. The molecule has 0 saturated carbocycles. The van der Waals surface area contributed by atoms with Crippen LogP contribution in [-0.2, 0) is 4.79 Å². The van der Waals surface area contributed by atoms with Crippen molar-refractivity contribution in [3.8, 4) is 0 Å². The number of carbonyl (C=O) groups is 1. The Labute approximate surface area is 141 Å². The average molecular weight is 322 g/mol. The SMILES string of the molecule is CCCCCC(O)CCCCCCCC=CC=CC=CC(=O)O. The maximum Gasteiger partial charge on any atom is 0.328 e. The lowest BCUT2D eigenvalue weighted by atomic mass is 10.0. The monoisotopic (exact) mass is 322 g/mol. The highest BCUT2D eigenvalue weighted by atomic mass is 16.4. The molecular weight excluding hydrogens is 288 g/mol. The fraction of sp³-hybridized carbons (Fsp3) is 0.650. The molecule has 1 atom stereocenters. The van der Waals surface area contributed by atoms with Crippen LogP contribution < -0.4 is 0 Å². The molecule has 0 aromatic rings. The van der Waals surface area contributed by atoms with Crippen molar-refractivity contribution in [2.75, 3.05) is 0 Å². The number of hydrogen-bond acceptors (Lipinski definition) is 2. The summed E-state index contributed by atoms with van der Waals surface area (Å²) in [5.41, 5.74) is 0. The highest BCUT2D eigenvalue weighted by Gasteiger charge is 2.02. The van der Waals surface area contributed by atoms with Crippen LogP contribution in [-0.4, -0.2) is 22.3 Å². The first-order valence-corrected chi connectivity index (χ1v) is 9.07. The molecule has 0 heterocycles. The molecule has 0 rings (SSSR count). The molecule has 0 radical (unpaired) electrons. The van der Waals surface area contributed by atoms with Crippen molar-refractivity contribution in [2.45, 2.75) is 83.7 Å². The number of hydrogen-bond donors (Lipinski definition) is 2. The Morgan fingerprint density at radius 1 is 0.870 bits per heavy atom. The molecule has 2 N–H and O–H groups in total. The van der Waals surface area contributed by atoms with Crippen LogP contribution in [0.4, 0.5) is 0 Å². The first-order chi connectivity index (χ1) is 11.2. The minimum atomic E-state index is -0.924. The smallest absolute Gasteiger partial charge is 0.328 e. The van der Waals surface area contributed by atoms with Gasteiger partial charge in [0, 0.05) is 6.08 Å². The largest absolute Gasteiger partial charge is 0.478 e. The third-order valence-electron chi connectivity index (χ3n) is 3.76. The van der Waals surface area contributed by atoms with Gasteiger partial charge in [0.1, 0.15) is 0 Å². The van der Waals surface area contributed by atoms with E-state index in [1.165, 1.54) is 44.6 Å². The maximum atomic E-state index is 10.2. The van der Waals surface area contributed by atoms with Gasteiger partial charge in [-0.15, -0.1) is 0 Å². The van der Waals surface area contributed by atoms with Gasteiger partial charge < -0.3 is 10.2 Å². The van der Waals surface area contributed by atoms with Gasteiger partial charge in [-0.1, -0.05) is 82.2 Å². The van der Waals surface area contributed by atoms with Gasteiger partial charge in [0.15, 0.2) is 0 Å². The molecule has 0 aliphatic carbocycles. The Morgan fingerprint density at radius 3 is 2.17 bits per heavy atom. The van der Waals surface area contributed by atoms with Crippen molar-refractivity contribution in [3.63, 3.8) is 0 Å². The quantitative estimate of drug-likeness (QED) is 0.241. The fourth-order valence-corrected chi connectivity index (χ4v) is 2.39. The molecular formula is C20H34O3. The standard InChI is InChI=1S/C20H34O3/c1-2-3-13-16-19(21)17-14-11-9-7-5-4-6-8-10-12-15-18-20(22)23/h6,8,10,12,15,18-19,21H,2-5,7,9,11,13-14,16-17H2,1H3,(H,22,23). The van der Waals surface area contributed by atoms with E-state index < -0.39 is 5.97 Å². The summed E-state index contributed by atoms with van der Waals surface area (Å²) in [6.45, 7) is 2.19. The molecule has 0 fully saturated rings.